The van der Waals surface area contributed by atoms with E-state index in [2.05, 4.69) is 10.4 Å². The molecular formula is C17H21ClN4O4. The van der Waals surface area contributed by atoms with Gasteiger partial charge in [0.25, 0.3) is 5.69 Å². The van der Waals surface area contributed by atoms with E-state index in [0.717, 1.165) is 0 Å². The molecule has 9 heteroatoms. The normalized spacial score (nSPS) is 11.9. The van der Waals surface area contributed by atoms with Crippen molar-refractivity contribution in [2.24, 2.45) is 0 Å². The van der Waals surface area contributed by atoms with Crippen molar-refractivity contribution < 1.29 is 14.5 Å². The van der Waals surface area contributed by atoms with E-state index >= 15 is 0 Å². The summed E-state index contributed by atoms with van der Waals surface area (Å²) < 4.78 is 6.83. The molecule has 1 N–H and O–H groups in total. The summed E-state index contributed by atoms with van der Waals surface area (Å²) >= 11 is 6.16. The molecular weight excluding hydrogens is 360 g/mol. The van der Waals surface area contributed by atoms with Gasteiger partial charge in [-0.05, 0) is 39.3 Å². The third-order valence-corrected chi connectivity index (χ3v) is 4.50. The first-order chi connectivity index (χ1) is 12.3. The first-order valence-electron chi connectivity index (χ1n) is 8.23. The van der Waals surface area contributed by atoms with Gasteiger partial charge in [-0.25, -0.2) is 0 Å². The zero-order valence-electron chi connectivity index (χ0n) is 15.1. The second-order valence-corrected chi connectivity index (χ2v) is 6.09. The van der Waals surface area contributed by atoms with Gasteiger partial charge in [0.1, 0.15) is 17.5 Å². The fourth-order valence-corrected chi connectivity index (χ4v) is 2.78. The largest absolute Gasteiger partial charge is 0.494 e. The molecule has 0 aliphatic heterocycles. The first kappa shape index (κ1) is 19.7. The summed E-state index contributed by atoms with van der Waals surface area (Å²) in [5.74, 6) is -0.0309. The zero-order valence-corrected chi connectivity index (χ0v) is 15.8. The number of carbonyl (C=O) groups excluding carboxylic acids is 1. The number of amides is 1. The molecule has 140 valence electrons. The molecule has 0 radical (unpaired) electrons. The Morgan fingerprint density at radius 1 is 1.42 bits per heavy atom. The molecule has 8 nitrogen and oxygen atoms in total. The summed E-state index contributed by atoms with van der Waals surface area (Å²) in [6.45, 7) is 7.54. The summed E-state index contributed by atoms with van der Waals surface area (Å²) in [5, 5.41) is 18.8. The Morgan fingerprint density at radius 2 is 2.12 bits per heavy atom. The molecule has 2 aromatic rings. The van der Waals surface area contributed by atoms with Crippen molar-refractivity contribution in [2.75, 3.05) is 11.9 Å². The molecule has 1 aromatic heterocycles. The molecule has 2 rings (SSSR count). The number of hydrogen-bond acceptors (Lipinski definition) is 5. The number of anilines is 1. The lowest BCUT2D eigenvalue weighted by molar-refractivity contribution is -0.384. The maximum absolute atomic E-state index is 12.7. The number of aryl methyl sites for hydroxylation is 1. The van der Waals surface area contributed by atoms with Gasteiger partial charge >= 0.3 is 0 Å². The average Bonchev–Trinajstić information content (AvgIpc) is 2.84. The number of rotatable bonds is 7. The Labute approximate surface area is 156 Å². The third kappa shape index (κ3) is 3.96. The molecule has 0 aliphatic carbocycles. The molecule has 0 fully saturated rings. The predicted octanol–water partition coefficient (Wildman–Crippen LogP) is 4.05. The van der Waals surface area contributed by atoms with Crippen molar-refractivity contribution in [3.05, 3.63) is 44.7 Å². The number of nitro groups is 1. The number of nitrogens with one attached hydrogen (secondary N) is 1. The molecule has 0 bridgehead atoms. The van der Waals surface area contributed by atoms with Crippen molar-refractivity contribution in [3.8, 4) is 5.75 Å². The zero-order chi connectivity index (χ0) is 19.4. The fourth-order valence-electron chi connectivity index (χ4n) is 2.66. The number of carbonyl (C=O) groups is 1. The number of benzene rings is 1. The van der Waals surface area contributed by atoms with E-state index in [-0.39, 0.29) is 11.4 Å². The lowest BCUT2D eigenvalue weighted by Crippen LogP contribution is -2.27. The van der Waals surface area contributed by atoms with Crippen LogP contribution < -0.4 is 10.1 Å². The van der Waals surface area contributed by atoms with Crippen LogP contribution in [0.25, 0.3) is 0 Å². The Hall–Kier alpha value is -2.61. The van der Waals surface area contributed by atoms with Gasteiger partial charge < -0.3 is 10.1 Å². The fraction of sp³-hybridized carbons (Fsp3) is 0.412. The van der Waals surface area contributed by atoms with Gasteiger partial charge in [-0.1, -0.05) is 18.5 Å². The number of aromatic nitrogens is 2. The van der Waals surface area contributed by atoms with E-state index in [1.165, 1.54) is 12.1 Å². The molecule has 1 amide bonds. The second kappa shape index (κ2) is 8.18. The summed E-state index contributed by atoms with van der Waals surface area (Å²) in [4.78, 5) is 23.5. The molecule has 0 saturated heterocycles. The van der Waals surface area contributed by atoms with Crippen LogP contribution in [0.4, 0.5) is 11.4 Å². The van der Waals surface area contributed by atoms with Crippen LogP contribution in [0, 0.1) is 24.0 Å². The van der Waals surface area contributed by atoms with Crippen LogP contribution in [0.3, 0.4) is 0 Å². The molecule has 0 saturated carbocycles. The molecule has 1 aromatic carbocycles. The quantitative estimate of drug-likeness (QED) is 0.577. The van der Waals surface area contributed by atoms with Gasteiger partial charge in [0.05, 0.1) is 34.0 Å². The second-order valence-electron chi connectivity index (χ2n) is 5.71. The predicted molar refractivity (Wildman–Crippen MR) is 98.9 cm³/mol. The molecule has 1 atom stereocenters. The molecule has 1 unspecified atom stereocenters. The Bertz CT molecular complexity index is 834. The van der Waals surface area contributed by atoms with Crippen LogP contribution in [0.5, 0.6) is 5.75 Å². The highest BCUT2D eigenvalue weighted by atomic mass is 35.5. The van der Waals surface area contributed by atoms with Gasteiger partial charge in [0.15, 0.2) is 0 Å². The topological polar surface area (TPSA) is 99.3 Å². The van der Waals surface area contributed by atoms with Crippen molar-refractivity contribution in [3.63, 3.8) is 0 Å². The summed E-state index contributed by atoms with van der Waals surface area (Å²) in [5.41, 5.74) is 1.18. The number of nitrogens with zero attached hydrogens (tertiary/aromatic N) is 3. The van der Waals surface area contributed by atoms with Crippen LogP contribution in [0.1, 0.15) is 37.7 Å². The lowest BCUT2D eigenvalue weighted by atomic mass is 10.2. The van der Waals surface area contributed by atoms with Crippen LogP contribution in [-0.2, 0) is 4.79 Å². The van der Waals surface area contributed by atoms with E-state index < -0.39 is 16.9 Å². The number of halogens is 1. The van der Waals surface area contributed by atoms with E-state index in [1.807, 2.05) is 6.92 Å². The van der Waals surface area contributed by atoms with E-state index in [4.69, 9.17) is 16.3 Å². The van der Waals surface area contributed by atoms with Crippen molar-refractivity contribution in [1.82, 2.24) is 9.78 Å². The van der Waals surface area contributed by atoms with Crippen LogP contribution >= 0.6 is 11.6 Å². The lowest BCUT2D eigenvalue weighted by Gasteiger charge is -2.17. The third-order valence-electron chi connectivity index (χ3n) is 3.96. The standard InChI is InChI=1S/C17H21ClN4O4/c1-5-14(21-11(4)16(18)10(3)20-21)17(23)19-13-8-7-12(26-6-2)9-15(13)22(24)25/h7-9,14H,5-6H2,1-4H3,(H,19,23). The summed E-state index contributed by atoms with van der Waals surface area (Å²) in [7, 11) is 0. The van der Waals surface area contributed by atoms with Crippen molar-refractivity contribution in [2.45, 2.75) is 40.2 Å². The van der Waals surface area contributed by atoms with Crippen LogP contribution in [-0.4, -0.2) is 27.2 Å². The molecule has 26 heavy (non-hydrogen) atoms. The summed E-state index contributed by atoms with van der Waals surface area (Å²) in [6, 6.07) is 3.70. The average molecular weight is 381 g/mol. The van der Waals surface area contributed by atoms with Crippen molar-refractivity contribution in [1.29, 1.82) is 0 Å². The van der Waals surface area contributed by atoms with E-state index in [1.54, 1.807) is 31.5 Å². The van der Waals surface area contributed by atoms with Gasteiger partial charge in [0.2, 0.25) is 5.91 Å². The maximum atomic E-state index is 12.7. The van der Waals surface area contributed by atoms with Gasteiger partial charge in [-0.2, -0.15) is 5.10 Å². The van der Waals surface area contributed by atoms with Gasteiger partial charge in [0, 0.05) is 0 Å². The number of ether oxygens (including phenoxy) is 1. The molecule has 1 heterocycles. The highest BCUT2D eigenvalue weighted by Gasteiger charge is 2.26. The highest BCUT2D eigenvalue weighted by molar-refractivity contribution is 6.31. The molecule has 0 spiro atoms. The Balaban J connectivity index is 2.32. The van der Waals surface area contributed by atoms with Crippen molar-refractivity contribution >= 4 is 28.9 Å². The minimum absolute atomic E-state index is 0.106. The number of hydrogen-bond donors (Lipinski definition) is 1. The van der Waals surface area contributed by atoms with Gasteiger partial charge in [-0.3, -0.25) is 19.6 Å². The Kier molecular flexibility index (Phi) is 6.20. The smallest absolute Gasteiger partial charge is 0.296 e. The minimum atomic E-state index is -0.632. The van der Waals surface area contributed by atoms with Gasteiger partial charge in [-0.15, -0.1) is 0 Å². The minimum Gasteiger partial charge on any atom is -0.494 e. The molecule has 0 aliphatic rings. The SMILES string of the molecule is CCOc1ccc(NC(=O)C(CC)n2nc(C)c(Cl)c2C)c([N+](=O)[O-])c1. The number of nitro benzene ring substituents is 1. The maximum Gasteiger partial charge on any atom is 0.296 e. The van der Waals surface area contributed by atoms with Crippen LogP contribution in [0.2, 0.25) is 5.02 Å². The monoisotopic (exact) mass is 380 g/mol. The first-order valence-corrected chi connectivity index (χ1v) is 8.61. The van der Waals surface area contributed by atoms with Crippen LogP contribution in [0.15, 0.2) is 18.2 Å². The highest BCUT2D eigenvalue weighted by Crippen LogP contribution is 2.31. The van der Waals surface area contributed by atoms with E-state index in [9.17, 15) is 14.9 Å². The summed E-state index contributed by atoms with van der Waals surface area (Å²) in [6.07, 6.45) is 0.453. The Morgan fingerprint density at radius 3 is 2.62 bits per heavy atom. The van der Waals surface area contributed by atoms with E-state index in [0.29, 0.717) is 35.2 Å².